The summed E-state index contributed by atoms with van der Waals surface area (Å²) in [5, 5.41) is 18.1. The van der Waals surface area contributed by atoms with E-state index >= 15 is 0 Å². The van der Waals surface area contributed by atoms with E-state index in [0.29, 0.717) is 6.54 Å². The highest BCUT2D eigenvalue weighted by molar-refractivity contribution is 5.66. The molecule has 2 N–H and O–H groups in total. The Morgan fingerprint density at radius 1 is 1.47 bits per heavy atom. The summed E-state index contributed by atoms with van der Waals surface area (Å²) in [6.07, 6.45) is 0.136. The van der Waals surface area contributed by atoms with Crippen LogP contribution in [-0.2, 0) is 4.79 Å². The molecule has 0 bridgehead atoms. The minimum absolute atomic E-state index is 0.103. The van der Waals surface area contributed by atoms with E-state index in [2.05, 4.69) is 4.90 Å². The molecule has 0 aliphatic rings. The van der Waals surface area contributed by atoms with Crippen molar-refractivity contribution in [3.05, 3.63) is 29.8 Å². The Labute approximate surface area is 101 Å². The van der Waals surface area contributed by atoms with Gasteiger partial charge in [0.15, 0.2) is 0 Å². The predicted molar refractivity (Wildman–Crippen MR) is 66.0 cm³/mol. The second kappa shape index (κ2) is 6.25. The summed E-state index contributed by atoms with van der Waals surface area (Å²) >= 11 is 0. The smallest absolute Gasteiger partial charge is 0.304 e. The third-order valence-electron chi connectivity index (χ3n) is 2.92. The van der Waals surface area contributed by atoms with Crippen molar-refractivity contribution in [3.8, 4) is 5.75 Å². The molecule has 1 aromatic rings. The van der Waals surface area contributed by atoms with Crippen molar-refractivity contribution in [1.29, 1.82) is 0 Å². The molecule has 0 aliphatic carbocycles. The van der Waals surface area contributed by atoms with Crippen LogP contribution in [0.3, 0.4) is 0 Å². The number of aromatic hydroxyl groups is 1. The minimum Gasteiger partial charge on any atom is -0.508 e. The quantitative estimate of drug-likeness (QED) is 0.796. The number of hydrogen-bond donors (Lipinski definition) is 2. The fourth-order valence-electron chi connectivity index (χ4n) is 1.86. The molecule has 4 heteroatoms. The molecule has 0 radical (unpaired) electrons. The van der Waals surface area contributed by atoms with E-state index in [9.17, 15) is 9.90 Å². The van der Waals surface area contributed by atoms with Crippen LogP contribution in [0.5, 0.6) is 5.75 Å². The number of aliphatic carboxylic acids is 1. The van der Waals surface area contributed by atoms with Crippen molar-refractivity contribution in [2.75, 3.05) is 13.1 Å². The summed E-state index contributed by atoms with van der Waals surface area (Å²) in [6.45, 7) is 5.31. The van der Waals surface area contributed by atoms with Gasteiger partial charge in [-0.1, -0.05) is 19.1 Å². The van der Waals surface area contributed by atoms with Gasteiger partial charge in [-0.05, 0) is 31.2 Å². The summed E-state index contributed by atoms with van der Waals surface area (Å²) in [5.74, 6) is -0.546. The zero-order chi connectivity index (χ0) is 12.8. The molecule has 0 saturated heterocycles. The predicted octanol–water partition coefficient (Wildman–Crippen LogP) is 2.25. The highest BCUT2D eigenvalue weighted by Crippen LogP contribution is 2.23. The third kappa shape index (κ3) is 4.07. The molecule has 4 nitrogen and oxygen atoms in total. The zero-order valence-corrected chi connectivity index (χ0v) is 10.3. The zero-order valence-electron chi connectivity index (χ0n) is 10.3. The van der Waals surface area contributed by atoms with Crippen LogP contribution in [0, 0.1) is 0 Å². The molecule has 94 valence electrons. The average molecular weight is 237 g/mol. The standard InChI is InChI=1S/C13H19NO3/c1-3-14(8-7-13(16)17)10(2)11-5-4-6-12(15)9-11/h4-6,9-10,15H,3,7-8H2,1-2H3,(H,16,17)/t10-/m0/s1. The van der Waals surface area contributed by atoms with Crippen LogP contribution in [-0.4, -0.2) is 34.2 Å². The van der Waals surface area contributed by atoms with E-state index in [-0.39, 0.29) is 18.2 Å². The first-order valence-corrected chi connectivity index (χ1v) is 5.79. The van der Waals surface area contributed by atoms with E-state index in [4.69, 9.17) is 5.11 Å². The van der Waals surface area contributed by atoms with E-state index in [1.54, 1.807) is 18.2 Å². The molecular formula is C13H19NO3. The second-order valence-electron chi connectivity index (χ2n) is 4.04. The van der Waals surface area contributed by atoms with Crippen molar-refractivity contribution in [2.45, 2.75) is 26.3 Å². The van der Waals surface area contributed by atoms with E-state index in [1.165, 1.54) is 0 Å². The number of carboxylic acid groups (broad SMARTS) is 1. The molecule has 0 heterocycles. The van der Waals surface area contributed by atoms with Gasteiger partial charge in [-0.2, -0.15) is 0 Å². The Bertz CT molecular complexity index is 379. The lowest BCUT2D eigenvalue weighted by molar-refractivity contribution is -0.137. The molecule has 17 heavy (non-hydrogen) atoms. The largest absolute Gasteiger partial charge is 0.508 e. The first-order valence-electron chi connectivity index (χ1n) is 5.79. The van der Waals surface area contributed by atoms with E-state index < -0.39 is 5.97 Å². The van der Waals surface area contributed by atoms with Crippen molar-refractivity contribution >= 4 is 5.97 Å². The van der Waals surface area contributed by atoms with E-state index in [1.807, 2.05) is 19.9 Å². The lowest BCUT2D eigenvalue weighted by atomic mass is 10.1. The van der Waals surface area contributed by atoms with Crippen LogP contribution in [0.1, 0.15) is 31.9 Å². The van der Waals surface area contributed by atoms with Gasteiger partial charge in [0.25, 0.3) is 0 Å². The van der Waals surface area contributed by atoms with Crippen molar-refractivity contribution in [3.63, 3.8) is 0 Å². The molecule has 1 atom stereocenters. The highest BCUT2D eigenvalue weighted by atomic mass is 16.4. The first-order chi connectivity index (χ1) is 8.04. The number of phenolic OH excluding ortho intramolecular Hbond substituents is 1. The summed E-state index contributed by atoms with van der Waals surface area (Å²) in [6, 6.07) is 7.18. The topological polar surface area (TPSA) is 60.8 Å². The third-order valence-corrected chi connectivity index (χ3v) is 2.92. The van der Waals surface area contributed by atoms with Crippen LogP contribution in [0.25, 0.3) is 0 Å². The Kier molecular flexibility index (Phi) is 4.97. The lowest BCUT2D eigenvalue weighted by Crippen LogP contribution is -2.29. The Morgan fingerprint density at radius 3 is 2.71 bits per heavy atom. The number of carboxylic acids is 1. The first kappa shape index (κ1) is 13.5. The number of hydrogen-bond acceptors (Lipinski definition) is 3. The van der Waals surface area contributed by atoms with Gasteiger partial charge in [-0.25, -0.2) is 0 Å². The summed E-state index contributed by atoms with van der Waals surface area (Å²) in [7, 11) is 0. The number of rotatable bonds is 6. The van der Waals surface area contributed by atoms with Gasteiger partial charge in [0, 0.05) is 12.6 Å². The van der Waals surface area contributed by atoms with Crippen LogP contribution in [0.2, 0.25) is 0 Å². The van der Waals surface area contributed by atoms with Crippen LogP contribution < -0.4 is 0 Å². The summed E-state index contributed by atoms with van der Waals surface area (Å²) < 4.78 is 0. The lowest BCUT2D eigenvalue weighted by Gasteiger charge is -2.27. The maximum Gasteiger partial charge on any atom is 0.304 e. The van der Waals surface area contributed by atoms with Crippen LogP contribution in [0.15, 0.2) is 24.3 Å². The van der Waals surface area contributed by atoms with Gasteiger partial charge < -0.3 is 10.2 Å². The van der Waals surface area contributed by atoms with Gasteiger partial charge in [0.05, 0.1) is 6.42 Å². The van der Waals surface area contributed by atoms with Gasteiger partial charge >= 0.3 is 5.97 Å². The maximum atomic E-state index is 10.6. The molecule has 0 amide bonds. The molecular weight excluding hydrogens is 218 g/mol. The molecule has 1 aromatic carbocycles. The maximum absolute atomic E-state index is 10.6. The fourth-order valence-corrected chi connectivity index (χ4v) is 1.86. The summed E-state index contributed by atoms with van der Waals surface area (Å²) in [4.78, 5) is 12.6. The summed E-state index contributed by atoms with van der Waals surface area (Å²) in [5.41, 5.74) is 0.997. The molecule has 0 fully saturated rings. The SMILES string of the molecule is CCN(CCC(=O)O)[C@@H](C)c1cccc(O)c1. The van der Waals surface area contributed by atoms with Crippen molar-refractivity contribution in [2.24, 2.45) is 0 Å². The number of nitrogens with zero attached hydrogens (tertiary/aromatic N) is 1. The highest BCUT2D eigenvalue weighted by Gasteiger charge is 2.15. The van der Waals surface area contributed by atoms with Gasteiger partial charge in [0.1, 0.15) is 5.75 Å². The molecule has 0 unspecified atom stereocenters. The fraction of sp³-hybridized carbons (Fsp3) is 0.462. The Hall–Kier alpha value is -1.55. The molecule has 0 spiro atoms. The van der Waals surface area contributed by atoms with Crippen LogP contribution >= 0.6 is 0 Å². The number of phenols is 1. The minimum atomic E-state index is -0.786. The van der Waals surface area contributed by atoms with Crippen molar-refractivity contribution in [1.82, 2.24) is 4.90 Å². The Balaban J connectivity index is 2.71. The van der Waals surface area contributed by atoms with E-state index in [0.717, 1.165) is 12.1 Å². The number of benzene rings is 1. The van der Waals surface area contributed by atoms with Crippen LogP contribution in [0.4, 0.5) is 0 Å². The second-order valence-corrected chi connectivity index (χ2v) is 4.04. The average Bonchev–Trinajstić information content (AvgIpc) is 2.29. The van der Waals surface area contributed by atoms with Gasteiger partial charge in [0.2, 0.25) is 0 Å². The van der Waals surface area contributed by atoms with Crippen molar-refractivity contribution < 1.29 is 15.0 Å². The number of carbonyl (C=O) groups is 1. The monoisotopic (exact) mass is 237 g/mol. The van der Waals surface area contributed by atoms with Gasteiger partial charge in [-0.3, -0.25) is 9.69 Å². The molecule has 1 rings (SSSR count). The molecule has 0 aromatic heterocycles. The Morgan fingerprint density at radius 2 is 2.18 bits per heavy atom. The van der Waals surface area contributed by atoms with Gasteiger partial charge in [-0.15, -0.1) is 0 Å². The normalized spacial score (nSPS) is 12.6. The molecule has 0 saturated carbocycles. The molecule has 0 aliphatic heterocycles.